The Morgan fingerprint density at radius 3 is 2.80 bits per heavy atom. The Balaban J connectivity index is 1.32. The first-order valence-electron chi connectivity index (χ1n) is 10.6. The smallest absolute Gasteiger partial charge is 0.254 e. The average molecular weight is 412 g/mol. The van der Waals surface area contributed by atoms with Gasteiger partial charge >= 0.3 is 0 Å². The monoisotopic (exact) mass is 412 g/mol. The molecular formula is C21H28N6O3. The van der Waals surface area contributed by atoms with E-state index in [4.69, 9.17) is 0 Å². The first-order valence-corrected chi connectivity index (χ1v) is 10.6. The van der Waals surface area contributed by atoms with Crippen LogP contribution in [0.25, 0.3) is 0 Å². The van der Waals surface area contributed by atoms with Crippen molar-refractivity contribution in [2.24, 2.45) is 5.92 Å². The lowest BCUT2D eigenvalue weighted by atomic mass is 9.94. The fraction of sp³-hybridized carbons (Fsp3) is 0.571. The number of likely N-dealkylation sites (tertiary alicyclic amines) is 1. The van der Waals surface area contributed by atoms with Crippen LogP contribution >= 0.6 is 0 Å². The minimum atomic E-state index is -0.0445. The number of aromatic nitrogens is 3. The van der Waals surface area contributed by atoms with Gasteiger partial charge in [-0.1, -0.05) is 10.3 Å². The molecule has 2 aromatic heterocycles. The van der Waals surface area contributed by atoms with Crippen molar-refractivity contribution in [2.45, 2.75) is 45.6 Å². The molecule has 160 valence electrons. The summed E-state index contributed by atoms with van der Waals surface area (Å²) in [6.07, 6.45) is 6.29. The molecule has 0 aliphatic carbocycles. The second kappa shape index (κ2) is 9.23. The van der Waals surface area contributed by atoms with Gasteiger partial charge in [-0.25, -0.2) is 9.61 Å². The van der Waals surface area contributed by atoms with E-state index in [9.17, 15) is 9.59 Å². The highest BCUT2D eigenvalue weighted by Gasteiger charge is 2.27. The summed E-state index contributed by atoms with van der Waals surface area (Å²) < 4.78 is 4.65. The van der Waals surface area contributed by atoms with Gasteiger partial charge in [-0.05, 0) is 50.7 Å². The van der Waals surface area contributed by atoms with Crippen LogP contribution in [-0.4, -0.2) is 58.2 Å². The molecule has 1 atom stereocenters. The molecular weight excluding hydrogens is 384 g/mol. The number of aryl methyl sites for hydroxylation is 1. The van der Waals surface area contributed by atoms with Crippen molar-refractivity contribution in [1.82, 2.24) is 25.5 Å². The summed E-state index contributed by atoms with van der Waals surface area (Å²) in [5.74, 6) is 1.01. The zero-order valence-corrected chi connectivity index (χ0v) is 17.3. The molecule has 4 rings (SSSR count). The number of pyridine rings is 1. The van der Waals surface area contributed by atoms with Crippen molar-refractivity contribution in [2.75, 3.05) is 31.1 Å². The summed E-state index contributed by atoms with van der Waals surface area (Å²) in [6.45, 7) is 5.40. The summed E-state index contributed by atoms with van der Waals surface area (Å²) in [5, 5.41) is 10.4. The Morgan fingerprint density at radius 1 is 1.20 bits per heavy atom. The third-order valence-electron chi connectivity index (χ3n) is 5.90. The van der Waals surface area contributed by atoms with Crippen LogP contribution in [0, 0.1) is 12.8 Å². The maximum atomic E-state index is 13.1. The minimum absolute atomic E-state index is 0.0206. The Morgan fingerprint density at radius 2 is 2.03 bits per heavy atom. The van der Waals surface area contributed by atoms with E-state index in [2.05, 4.69) is 30.1 Å². The summed E-state index contributed by atoms with van der Waals surface area (Å²) in [7, 11) is 0. The van der Waals surface area contributed by atoms with Crippen molar-refractivity contribution in [3.63, 3.8) is 0 Å². The SMILES string of the molecule is Cc1nonc1CNC(=O)C[C@H]1CCCN(C(=O)c2ccnc(N3CCCC3)c2)C1. The molecule has 2 amide bonds. The number of amides is 2. The molecule has 2 aliphatic rings. The highest BCUT2D eigenvalue weighted by atomic mass is 16.6. The van der Waals surface area contributed by atoms with E-state index >= 15 is 0 Å². The lowest BCUT2D eigenvalue weighted by molar-refractivity contribution is -0.122. The molecule has 0 radical (unpaired) electrons. The normalized spacial score (nSPS) is 19.2. The van der Waals surface area contributed by atoms with Gasteiger partial charge in [-0.15, -0.1) is 0 Å². The molecule has 2 aromatic rings. The van der Waals surface area contributed by atoms with Crippen molar-refractivity contribution in [1.29, 1.82) is 0 Å². The van der Waals surface area contributed by atoms with Crippen LogP contribution in [0.3, 0.4) is 0 Å². The van der Waals surface area contributed by atoms with Crippen LogP contribution in [0.2, 0.25) is 0 Å². The molecule has 1 N–H and O–H groups in total. The zero-order valence-electron chi connectivity index (χ0n) is 17.3. The maximum absolute atomic E-state index is 13.1. The van der Waals surface area contributed by atoms with Gasteiger partial charge < -0.3 is 15.1 Å². The van der Waals surface area contributed by atoms with Crippen molar-refractivity contribution >= 4 is 17.6 Å². The molecule has 0 saturated carbocycles. The number of anilines is 1. The average Bonchev–Trinajstić information content (AvgIpc) is 3.44. The van der Waals surface area contributed by atoms with Crippen molar-refractivity contribution in [3.8, 4) is 0 Å². The molecule has 9 heteroatoms. The number of hydrogen-bond acceptors (Lipinski definition) is 7. The first kappa shape index (κ1) is 20.3. The molecule has 0 aromatic carbocycles. The van der Waals surface area contributed by atoms with E-state index in [1.807, 2.05) is 11.0 Å². The van der Waals surface area contributed by atoms with Gasteiger partial charge in [0.15, 0.2) is 0 Å². The number of nitrogens with one attached hydrogen (secondary N) is 1. The number of piperidine rings is 1. The molecule has 0 spiro atoms. The fourth-order valence-corrected chi connectivity index (χ4v) is 4.20. The predicted octanol–water partition coefficient (Wildman–Crippen LogP) is 1.93. The summed E-state index contributed by atoms with van der Waals surface area (Å²) in [5.41, 5.74) is 1.98. The third-order valence-corrected chi connectivity index (χ3v) is 5.90. The van der Waals surface area contributed by atoms with Crippen molar-refractivity contribution in [3.05, 3.63) is 35.3 Å². The fourth-order valence-electron chi connectivity index (χ4n) is 4.20. The second-order valence-corrected chi connectivity index (χ2v) is 8.13. The Bertz CT molecular complexity index is 892. The molecule has 0 bridgehead atoms. The molecule has 0 unspecified atom stereocenters. The standard InChI is InChI=1S/C21H28N6O3/c1-15-18(25-30-24-15)13-23-20(28)11-16-5-4-10-27(14-16)21(29)17-6-7-22-19(12-17)26-8-2-3-9-26/h6-7,12,16H,2-5,8-11,13-14H2,1H3,(H,23,28)/t16-/m1/s1. The largest absolute Gasteiger partial charge is 0.357 e. The highest BCUT2D eigenvalue weighted by molar-refractivity contribution is 5.95. The molecule has 2 saturated heterocycles. The molecule has 30 heavy (non-hydrogen) atoms. The lowest BCUT2D eigenvalue weighted by Crippen LogP contribution is -2.41. The van der Waals surface area contributed by atoms with Gasteiger partial charge in [0.05, 0.1) is 6.54 Å². The number of hydrogen-bond donors (Lipinski definition) is 1. The first-order chi connectivity index (χ1) is 14.6. The van der Waals surface area contributed by atoms with Crippen LogP contribution in [0.1, 0.15) is 53.8 Å². The lowest BCUT2D eigenvalue weighted by Gasteiger charge is -2.32. The van der Waals surface area contributed by atoms with Gasteiger partial charge in [0.2, 0.25) is 5.91 Å². The number of nitrogens with zero attached hydrogens (tertiary/aromatic N) is 5. The van der Waals surface area contributed by atoms with E-state index in [-0.39, 0.29) is 17.7 Å². The second-order valence-electron chi connectivity index (χ2n) is 8.13. The van der Waals surface area contributed by atoms with E-state index < -0.39 is 0 Å². The quantitative estimate of drug-likeness (QED) is 0.773. The number of rotatable bonds is 6. The number of carbonyl (C=O) groups is 2. The topological polar surface area (TPSA) is 104 Å². The van der Waals surface area contributed by atoms with Crippen LogP contribution in [0.5, 0.6) is 0 Å². The minimum Gasteiger partial charge on any atom is -0.357 e. The molecule has 9 nitrogen and oxygen atoms in total. The van der Waals surface area contributed by atoms with Crippen molar-refractivity contribution < 1.29 is 14.2 Å². The van der Waals surface area contributed by atoms with E-state index in [1.165, 1.54) is 12.8 Å². The Kier molecular flexibility index (Phi) is 6.25. The van der Waals surface area contributed by atoms with Crippen LogP contribution in [0.15, 0.2) is 23.0 Å². The molecule has 2 aliphatic heterocycles. The van der Waals surface area contributed by atoms with E-state index in [0.717, 1.165) is 38.3 Å². The van der Waals surface area contributed by atoms with Gasteiger partial charge in [-0.3, -0.25) is 9.59 Å². The highest BCUT2D eigenvalue weighted by Crippen LogP contribution is 2.23. The molecule has 2 fully saturated rings. The van der Waals surface area contributed by atoms with E-state index in [0.29, 0.717) is 36.5 Å². The van der Waals surface area contributed by atoms with Gasteiger partial charge in [0, 0.05) is 44.4 Å². The van der Waals surface area contributed by atoms with Crippen LogP contribution < -0.4 is 10.2 Å². The zero-order chi connectivity index (χ0) is 20.9. The van der Waals surface area contributed by atoms with Gasteiger partial charge in [0.25, 0.3) is 5.91 Å². The van der Waals surface area contributed by atoms with Gasteiger partial charge in [0.1, 0.15) is 17.2 Å². The third kappa shape index (κ3) is 4.77. The predicted molar refractivity (Wildman–Crippen MR) is 110 cm³/mol. The Hall–Kier alpha value is -2.97. The van der Waals surface area contributed by atoms with Crippen LogP contribution in [-0.2, 0) is 11.3 Å². The summed E-state index contributed by atoms with van der Waals surface area (Å²) in [4.78, 5) is 34.0. The molecule has 4 heterocycles. The number of carbonyl (C=O) groups excluding carboxylic acids is 2. The summed E-state index contributed by atoms with van der Waals surface area (Å²) in [6, 6.07) is 3.69. The maximum Gasteiger partial charge on any atom is 0.254 e. The summed E-state index contributed by atoms with van der Waals surface area (Å²) >= 11 is 0. The van der Waals surface area contributed by atoms with E-state index in [1.54, 1.807) is 19.2 Å². The Labute approximate surface area is 175 Å². The van der Waals surface area contributed by atoms with Gasteiger partial charge in [-0.2, -0.15) is 0 Å². The van der Waals surface area contributed by atoms with Crippen LogP contribution in [0.4, 0.5) is 5.82 Å².